The summed E-state index contributed by atoms with van der Waals surface area (Å²) in [6, 6.07) is 52.0. The third-order valence-corrected chi connectivity index (χ3v) is 9.50. The molecule has 0 spiro atoms. The second-order valence-corrected chi connectivity index (χ2v) is 12.7. The van der Waals surface area contributed by atoms with Crippen LogP contribution in [0, 0.1) is 0 Å². The Hall–Kier alpha value is -6.98. The second-order valence-electron chi connectivity index (χ2n) is 12.7. The number of allylic oxidation sites excluding steroid dienone is 1. The largest absolute Gasteiger partial charge is 0.309 e. The van der Waals surface area contributed by atoms with Crippen molar-refractivity contribution in [1.82, 2.24) is 24.5 Å². The summed E-state index contributed by atoms with van der Waals surface area (Å²) in [5, 5.41) is 4.47. The molecule has 52 heavy (non-hydrogen) atoms. The zero-order valence-corrected chi connectivity index (χ0v) is 28.6. The van der Waals surface area contributed by atoms with Gasteiger partial charge in [0.25, 0.3) is 0 Å². The molecule has 0 aliphatic rings. The van der Waals surface area contributed by atoms with Gasteiger partial charge in [-0.05, 0) is 54.8 Å². The molecular formula is C47H33N5. The lowest BCUT2D eigenvalue weighted by molar-refractivity contribution is 1.07. The predicted molar refractivity (Wildman–Crippen MR) is 216 cm³/mol. The number of para-hydroxylation sites is 2. The lowest BCUT2D eigenvalue weighted by Crippen LogP contribution is -2.00. The highest BCUT2D eigenvalue weighted by atomic mass is 15.0. The molecule has 0 unspecified atom stereocenters. The van der Waals surface area contributed by atoms with Crippen LogP contribution in [0.5, 0.6) is 0 Å². The van der Waals surface area contributed by atoms with Crippen LogP contribution in [-0.2, 0) is 0 Å². The molecule has 0 saturated heterocycles. The molecule has 0 amide bonds. The fraction of sp³-hybridized carbons (Fsp3) is 0.0213. The Morgan fingerprint density at radius 3 is 1.73 bits per heavy atom. The summed E-state index contributed by atoms with van der Waals surface area (Å²) >= 11 is 0. The van der Waals surface area contributed by atoms with Gasteiger partial charge in [-0.2, -0.15) is 0 Å². The van der Waals surface area contributed by atoms with E-state index in [1.54, 1.807) is 0 Å². The summed E-state index contributed by atoms with van der Waals surface area (Å²) in [6.45, 7) is 6.30. The van der Waals surface area contributed by atoms with Crippen LogP contribution in [0.15, 0.2) is 164 Å². The summed E-state index contributed by atoms with van der Waals surface area (Å²) in [5.41, 5.74) is 9.92. The van der Waals surface area contributed by atoms with Crippen molar-refractivity contribution >= 4 is 44.7 Å². The fourth-order valence-corrected chi connectivity index (χ4v) is 7.14. The molecule has 9 aromatic rings. The molecule has 0 radical (unpaired) electrons. The standard InChI is InChI=1S/C47H33N5/c1-3-17-37-39-29-38-36-26-14-15-27-41(36)48-44(40(38)30-43(39)52(42(37)4-2)35-24-12-7-13-25-35)33-22-16-23-34(28-33)47-50-45(31-18-8-5-9-19-31)49-46(51-47)32-20-10-6-11-21-32/h3-30H,2H2,1H3/b17-3-. The SMILES string of the molecule is C=Cc1c(/C=C\C)c2cc3c(cc2n1-c1ccccc1)c(-c1cccc(-c2nc(-c4ccccc4)nc(-c4ccccc4)n2)c1)nc1ccccc13. The van der Waals surface area contributed by atoms with Crippen LogP contribution in [-0.4, -0.2) is 24.5 Å². The number of pyridine rings is 1. The Bertz CT molecular complexity index is 2740. The summed E-state index contributed by atoms with van der Waals surface area (Å²) in [5.74, 6) is 1.86. The molecule has 6 aromatic carbocycles. The van der Waals surface area contributed by atoms with E-state index in [2.05, 4.69) is 109 Å². The third-order valence-electron chi connectivity index (χ3n) is 9.50. The predicted octanol–water partition coefficient (Wildman–Crippen LogP) is 11.9. The van der Waals surface area contributed by atoms with E-state index >= 15 is 0 Å². The van der Waals surface area contributed by atoms with Crippen molar-refractivity contribution in [2.24, 2.45) is 0 Å². The first-order valence-corrected chi connectivity index (χ1v) is 17.4. The van der Waals surface area contributed by atoms with Gasteiger partial charge < -0.3 is 4.57 Å². The maximum absolute atomic E-state index is 5.34. The van der Waals surface area contributed by atoms with Crippen LogP contribution < -0.4 is 0 Å². The quantitative estimate of drug-likeness (QED) is 0.159. The third kappa shape index (κ3) is 5.36. The minimum Gasteiger partial charge on any atom is -0.309 e. The van der Waals surface area contributed by atoms with E-state index < -0.39 is 0 Å². The first-order chi connectivity index (χ1) is 25.7. The molecular weight excluding hydrogens is 635 g/mol. The number of benzene rings is 6. The molecule has 5 nitrogen and oxygen atoms in total. The van der Waals surface area contributed by atoms with Gasteiger partial charge in [-0.15, -0.1) is 0 Å². The Morgan fingerprint density at radius 2 is 1.08 bits per heavy atom. The molecule has 0 bridgehead atoms. The molecule has 0 atom stereocenters. The van der Waals surface area contributed by atoms with Crippen LogP contribution in [0.25, 0.3) is 95.8 Å². The highest BCUT2D eigenvalue weighted by Crippen LogP contribution is 2.40. The van der Waals surface area contributed by atoms with E-state index in [4.69, 9.17) is 19.9 Å². The molecule has 0 aliphatic heterocycles. The molecule has 0 N–H and O–H groups in total. The van der Waals surface area contributed by atoms with Crippen LogP contribution in [0.2, 0.25) is 0 Å². The molecule has 9 rings (SSSR count). The van der Waals surface area contributed by atoms with E-state index in [0.29, 0.717) is 17.5 Å². The van der Waals surface area contributed by atoms with Crippen LogP contribution in [0.3, 0.4) is 0 Å². The van der Waals surface area contributed by atoms with E-state index in [1.165, 1.54) is 0 Å². The maximum atomic E-state index is 5.34. The molecule has 0 aliphatic carbocycles. The summed E-state index contributed by atoms with van der Waals surface area (Å²) < 4.78 is 2.30. The Balaban J connectivity index is 1.30. The summed E-state index contributed by atoms with van der Waals surface area (Å²) in [7, 11) is 0. The molecule has 5 heteroatoms. The van der Waals surface area contributed by atoms with Gasteiger partial charge in [0.15, 0.2) is 17.5 Å². The highest BCUT2D eigenvalue weighted by molar-refractivity contribution is 6.16. The number of hydrogen-bond acceptors (Lipinski definition) is 4. The summed E-state index contributed by atoms with van der Waals surface area (Å²) in [6.07, 6.45) is 6.23. The van der Waals surface area contributed by atoms with Gasteiger partial charge in [0.2, 0.25) is 0 Å². The number of rotatable bonds is 7. The zero-order chi connectivity index (χ0) is 35.0. The van der Waals surface area contributed by atoms with Gasteiger partial charge >= 0.3 is 0 Å². The summed E-state index contributed by atoms with van der Waals surface area (Å²) in [4.78, 5) is 20.3. The van der Waals surface area contributed by atoms with Gasteiger partial charge in [0.1, 0.15) is 0 Å². The minimum atomic E-state index is 0.603. The fourth-order valence-electron chi connectivity index (χ4n) is 7.14. The molecule has 0 fully saturated rings. The van der Waals surface area contributed by atoms with Crippen molar-refractivity contribution in [3.05, 3.63) is 176 Å². The maximum Gasteiger partial charge on any atom is 0.164 e. The van der Waals surface area contributed by atoms with Crippen LogP contribution >= 0.6 is 0 Å². The smallest absolute Gasteiger partial charge is 0.164 e. The Labute approximate surface area is 302 Å². The van der Waals surface area contributed by atoms with Crippen molar-refractivity contribution in [2.45, 2.75) is 6.92 Å². The average molecular weight is 668 g/mol. The number of fused-ring (bicyclic) bond motifs is 4. The van der Waals surface area contributed by atoms with Gasteiger partial charge in [-0.25, -0.2) is 19.9 Å². The number of aromatic nitrogens is 5. The topological polar surface area (TPSA) is 56.5 Å². The normalized spacial score (nSPS) is 11.6. The van der Waals surface area contributed by atoms with Gasteiger partial charge in [0.05, 0.1) is 22.4 Å². The van der Waals surface area contributed by atoms with Crippen molar-refractivity contribution in [3.63, 3.8) is 0 Å². The highest BCUT2D eigenvalue weighted by Gasteiger charge is 2.20. The Morgan fingerprint density at radius 1 is 0.500 bits per heavy atom. The number of hydrogen-bond donors (Lipinski definition) is 0. The lowest BCUT2D eigenvalue weighted by atomic mass is 9.96. The first-order valence-electron chi connectivity index (χ1n) is 17.4. The zero-order valence-electron chi connectivity index (χ0n) is 28.6. The average Bonchev–Trinajstić information content (AvgIpc) is 3.52. The number of nitrogens with zero attached hydrogens (tertiary/aromatic N) is 5. The first kappa shape index (κ1) is 31.0. The second kappa shape index (κ2) is 13.0. The van der Waals surface area contributed by atoms with E-state index in [-0.39, 0.29) is 0 Å². The minimum absolute atomic E-state index is 0.603. The van der Waals surface area contributed by atoms with Crippen molar-refractivity contribution < 1.29 is 0 Å². The van der Waals surface area contributed by atoms with Gasteiger partial charge in [-0.1, -0.05) is 134 Å². The van der Waals surface area contributed by atoms with Gasteiger partial charge in [-0.3, -0.25) is 0 Å². The van der Waals surface area contributed by atoms with E-state index in [0.717, 1.165) is 77.5 Å². The van der Waals surface area contributed by atoms with Crippen molar-refractivity contribution in [1.29, 1.82) is 0 Å². The molecule has 0 saturated carbocycles. The molecule has 3 aromatic heterocycles. The van der Waals surface area contributed by atoms with E-state index in [9.17, 15) is 0 Å². The van der Waals surface area contributed by atoms with Gasteiger partial charge in [0, 0.05) is 49.7 Å². The van der Waals surface area contributed by atoms with Crippen molar-refractivity contribution in [3.8, 4) is 51.1 Å². The van der Waals surface area contributed by atoms with E-state index in [1.807, 2.05) is 78.9 Å². The van der Waals surface area contributed by atoms with Crippen LogP contribution in [0.1, 0.15) is 18.2 Å². The lowest BCUT2D eigenvalue weighted by Gasteiger charge is -2.14. The molecule has 3 heterocycles. The van der Waals surface area contributed by atoms with Crippen LogP contribution in [0.4, 0.5) is 0 Å². The monoisotopic (exact) mass is 667 g/mol. The van der Waals surface area contributed by atoms with Crippen molar-refractivity contribution in [2.75, 3.05) is 0 Å². The Kier molecular flexibility index (Phi) is 7.79. The molecule has 246 valence electrons.